The number of amides is 1. The Balaban J connectivity index is 1.44. The van der Waals surface area contributed by atoms with Crippen molar-refractivity contribution in [2.75, 3.05) is 11.1 Å². The second-order valence-electron chi connectivity index (χ2n) is 5.06. The lowest BCUT2D eigenvalue weighted by Gasteiger charge is -2.04. The summed E-state index contributed by atoms with van der Waals surface area (Å²) >= 11 is 8.71. The maximum absolute atomic E-state index is 11.9. The van der Waals surface area contributed by atoms with Gasteiger partial charge < -0.3 is 10.6 Å². The third-order valence-electron chi connectivity index (χ3n) is 3.14. The lowest BCUT2D eigenvalue weighted by molar-refractivity contribution is -0.118. The topological polar surface area (TPSA) is 66.9 Å². The third-order valence-corrected chi connectivity index (χ3v) is 5.34. The van der Waals surface area contributed by atoms with Crippen LogP contribution in [-0.2, 0) is 11.3 Å². The van der Waals surface area contributed by atoms with Crippen LogP contribution < -0.4 is 10.6 Å². The molecule has 1 aromatic heterocycles. The Hall–Kier alpha value is -2.09. The van der Waals surface area contributed by atoms with Crippen molar-refractivity contribution in [1.29, 1.82) is 0 Å². The average Bonchev–Trinajstić information content (AvgIpc) is 3.06. The molecule has 1 heterocycles. The van der Waals surface area contributed by atoms with Gasteiger partial charge >= 0.3 is 0 Å². The first-order valence-electron chi connectivity index (χ1n) is 7.48. The fourth-order valence-corrected chi connectivity index (χ4v) is 3.80. The lowest BCUT2D eigenvalue weighted by Crippen LogP contribution is -2.24. The number of hydrogen-bond acceptors (Lipinski definition) is 6. The quantitative estimate of drug-likeness (QED) is 0.587. The summed E-state index contributed by atoms with van der Waals surface area (Å²) < 4.78 is 0.747. The smallest absolute Gasteiger partial charge is 0.230 e. The van der Waals surface area contributed by atoms with Crippen molar-refractivity contribution in [3.63, 3.8) is 0 Å². The summed E-state index contributed by atoms with van der Waals surface area (Å²) in [5.41, 5.74) is 1.92. The van der Waals surface area contributed by atoms with Crippen molar-refractivity contribution in [3.8, 4) is 0 Å². The summed E-state index contributed by atoms with van der Waals surface area (Å²) in [4.78, 5) is 11.9. The number of para-hydroxylation sites is 1. The van der Waals surface area contributed by atoms with Gasteiger partial charge in [0.25, 0.3) is 0 Å². The molecule has 0 atom stereocenters. The van der Waals surface area contributed by atoms with E-state index in [9.17, 15) is 4.79 Å². The van der Waals surface area contributed by atoms with E-state index in [1.165, 1.54) is 23.1 Å². The molecule has 128 valence electrons. The zero-order valence-corrected chi connectivity index (χ0v) is 15.5. The molecular formula is C17H15ClN4OS2. The summed E-state index contributed by atoms with van der Waals surface area (Å²) in [6.45, 7) is 0.455. The number of hydrogen-bond donors (Lipinski definition) is 2. The second kappa shape index (κ2) is 8.84. The molecule has 25 heavy (non-hydrogen) atoms. The van der Waals surface area contributed by atoms with Crippen LogP contribution >= 0.6 is 34.7 Å². The number of anilines is 2. The highest BCUT2D eigenvalue weighted by Crippen LogP contribution is 2.27. The fraction of sp³-hybridized carbons (Fsp3) is 0.118. The zero-order chi connectivity index (χ0) is 17.5. The van der Waals surface area contributed by atoms with E-state index in [1.807, 2.05) is 48.5 Å². The van der Waals surface area contributed by atoms with Crippen molar-refractivity contribution in [2.24, 2.45) is 0 Å². The van der Waals surface area contributed by atoms with Crippen LogP contribution in [0.15, 0.2) is 58.9 Å². The van der Waals surface area contributed by atoms with Gasteiger partial charge in [-0.15, -0.1) is 10.2 Å². The number of aromatic nitrogens is 2. The van der Waals surface area contributed by atoms with Crippen LogP contribution in [0.2, 0.25) is 5.02 Å². The molecule has 3 rings (SSSR count). The van der Waals surface area contributed by atoms with E-state index in [1.54, 1.807) is 6.07 Å². The minimum atomic E-state index is -0.0576. The van der Waals surface area contributed by atoms with E-state index in [-0.39, 0.29) is 5.91 Å². The van der Waals surface area contributed by atoms with E-state index in [0.717, 1.165) is 15.6 Å². The Morgan fingerprint density at radius 1 is 1.12 bits per heavy atom. The van der Waals surface area contributed by atoms with Gasteiger partial charge in [-0.1, -0.05) is 65.0 Å². The first-order valence-corrected chi connectivity index (χ1v) is 9.66. The molecule has 0 unspecified atom stereocenters. The highest BCUT2D eigenvalue weighted by atomic mass is 35.5. The van der Waals surface area contributed by atoms with Gasteiger partial charge in [-0.25, -0.2) is 0 Å². The van der Waals surface area contributed by atoms with Crippen LogP contribution in [-0.4, -0.2) is 21.9 Å². The molecule has 0 bridgehead atoms. The van der Waals surface area contributed by atoms with Crippen molar-refractivity contribution in [2.45, 2.75) is 10.9 Å². The lowest BCUT2D eigenvalue weighted by atomic mass is 10.2. The summed E-state index contributed by atoms with van der Waals surface area (Å²) in [5, 5.41) is 15.6. The molecule has 0 aliphatic carbocycles. The molecule has 2 aromatic carbocycles. The fourth-order valence-electron chi connectivity index (χ4n) is 1.99. The Morgan fingerprint density at radius 3 is 2.76 bits per heavy atom. The van der Waals surface area contributed by atoms with Gasteiger partial charge in [-0.05, 0) is 29.8 Å². The van der Waals surface area contributed by atoms with E-state index < -0.39 is 0 Å². The van der Waals surface area contributed by atoms with Crippen LogP contribution in [0.4, 0.5) is 10.8 Å². The zero-order valence-electron chi connectivity index (χ0n) is 13.1. The van der Waals surface area contributed by atoms with E-state index >= 15 is 0 Å². The monoisotopic (exact) mass is 390 g/mol. The third kappa shape index (κ3) is 5.74. The molecule has 0 aliphatic heterocycles. The Morgan fingerprint density at radius 2 is 1.96 bits per heavy atom. The molecule has 5 nitrogen and oxygen atoms in total. The Labute approximate surface area is 158 Å². The molecule has 8 heteroatoms. The second-order valence-corrected chi connectivity index (χ2v) is 7.70. The summed E-state index contributed by atoms with van der Waals surface area (Å²) in [7, 11) is 0. The number of carbonyl (C=O) groups excluding carboxylic acids is 1. The minimum absolute atomic E-state index is 0.0576. The molecule has 0 radical (unpaired) electrons. The van der Waals surface area contributed by atoms with Crippen molar-refractivity contribution < 1.29 is 4.79 Å². The van der Waals surface area contributed by atoms with Gasteiger partial charge in [-0.2, -0.15) is 0 Å². The van der Waals surface area contributed by atoms with Crippen LogP contribution in [0.5, 0.6) is 0 Å². The Kier molecular flexibility index (Phi) is 6.27. The van der Waals surface area contributed by atoms with E-state index in [0.29, 0.717) is 22.5 Å². The minimum Gasteiger partial charge on any atom is -0.351 e. The molecule has 0 spiro atoms. The maximum Gasteiger partial charge on any atom is 0.230 e. The molecule has 2 N–H and O–H groups in total. The largest absolute Gasteiger partial charge is 0.351 e. The number of rotatable bonds is 7. The number of carbonyl (C=O) groups is 1. The van der Waals surface area contributed by atoms with Crippen LogP contribution in [0.25, 0.3) is 0 Å². The highest BCUT2D eigenvalue weighted by Gasteiger charge is 2.08. The number of benzene rings is 2. The van der Waals surface area contributed by atoms with E-state index in [2.05, 4.69) is 20.8 Å². The number of nitrogens with one attached hydrogen (secondary N) is 2. The predicted octanol–water partition coefficient (Wildman–Crippen LogP) is 4.34. The summed E-state index contributed by atoms with van der Waals surface area (Å²) in [6, 6.07) is 17.2. The number of halogens is 1. The normalized spacial score (nSPS) is 10.4. The number of thioether (sulfide) groups is 1. The molecule has 0 saturated carbocycles. The van der Waals surface area contributed by atoms with Crippen LogP contribution in [0.3, 0.4) is 0 Å². The molecule has 0 fully saturated rings. The van der Waals surface area contributed by atoms with Crippen LogP contribution in [0, 0.1) is 0 Å². The standard InChI is InChI=1S/C17H15ClN4OS2/c18-13-6-4-5-12(9-13)10-19-15(23)11-24-17-22-21-16(25-17)20-14-7-2-1-3-8-14/h1-9H,10-11H2,(H,19,23)(H,20,21). The van der Waals surface area contributed by atoms with Gasteiger partial charge in [0.05, 0.1) is 5.75 Å². The molecular weight excluding hydrogens is 376 g/mol. The van der Waals surface area contributed by atoms with Gasteiger partial charge in [0.1, 0.15) is 0 Å². The Bertz CT molecular complexity index is 841. The molecule has 1 amide bonds. The molecule has 0 aliphatic rings. The van der Waals surface area contributed by atoms with Gasteiger partial charge in [0, 0.05) is 17.3 Å². The first-order chi connectivity index (χ1) is 12.2. The SMILES string of the molecule is O=C(CSc1nnc(Nc2ccccc2)s1)NCc1cccc(Cl)c1. The van der Waals surface area contributed by atoms with Gasteiger partial charge in [0.15, 0.2) is 4.34 Å². The maximum atomic E-state index is 11.9. The molecule has 0 saturated heterocycles. The summed E-state index contributed by atoms with van der Waals surface area (Å²) in [5.74, 6) is 0.235. The van der Waals surface area contributed by atoms with E-state index in [4.69, 9.17) is 11.6 Å². The average molecular weight is 391 g/mol. The number of nitrogens with zero attached hydrogens (tertiary/aromatic N) is 2. The summed E-state index contributed by atoms with van der Waals surface area (Å²) in [6.07, 6.45) is 0. The van der Waals surface area contributed by atoms with Gasteiger partial charge in [-0.3, -0.25) is 4.79 Å². The highest BCUT2D eigenvalue weighted by molar-refractivity contribution is 8.01. The predicted molar refractivity (Wildman–Crippen MR) is 104 cm³/mol. The van der Waals surface area contributed by atoms with Crippen molar-refractivity contribution in [1.82, 2.24) is 15.5 Å². The van der Waals surface area contributed by atoms with Crippen molar-refractivity contribution in [3.05, 3.63) is 65.2 Å². The van der Waals surface area contributed by atoms with Crippen molar-refractivity contribution >= 4 is 51.4 Å². The molecule has 3 aromatic rings. The van der Waals surface area contributed by atoms with Crippen LogP contribution in [0.1, 0.15) is 5.56 Å². The van der Waals surface area contributed by atoms with Gasteiger partial charge in [0.2, 0.25) is 11.0 Å². The first kappa shape index (κ1) is 17.7.